The number of benzene rings is 1. The second-order valence-corrected chi connectivity index (χ2v) is 8.14. The number of allylic oxidation sites excluding steroid dienone is 2. The molecule has 4 rings (SSSR count). The minimum atomic E-state index is -0.161. The van der Waals surface area contributed by atoms with Crippen molar-refractivity contribution < 1.29 is 14.3 Å². The van der Waals surface area contributed by atoms with Crippen LogP contribution in [-0.4, -0.2) is 18.3 Å². The zero-order valence-corrected chi connectivity index (χ0v) is 16.2. The first-order valence-corrected chi connectivity index (χ1v) is 10.4. The average Bonchev–Trinajstić information content (AvgIpc) is 3.20. The van der Waals surface area contributed by atoms with Gasteiger partial charge in [-0.1, -0.05) is 25.1 Å². The number of carbonyl (C=O) groups is 2. The van der Waals surface area contributed by atoms with Crippen LogP contribution in [0.2, 0.25) is 0 Å². The molecule has 1 N–H and O–H groups in total. The van der Waals surface area contributed by atoms with Crippen LogP contribution in [0.15, 0.2) is 53.0 Å². The number of ether oxygens (including phenoxy) is 1. The Morgan fingerprint density at radius 3 is 2.63 bits per heavy atom. The minimum absolute atomic E-state index is 0.00955. The van der Waals surface area contributed by atoms with Crippen LogP contribution >= 0.6 is 11.3 Å². The predicted molar refractivity (Wildman–Crippen MR) is 106 cm³/mol. The van der Waals surface area contributed by atoms with E-state index >= 15 is 0 Å². The van der Waals surface area contributed by atoms with Crippen molar-refractivity contribution in [2.75, 3.05) is 6.61 Å². The van der Waals surface area contributed by atoms with Gasteiger partial charge in [-0.15, -0.1) is 11.3 Å². The van der Waals surface area contributed by atoms with Gasteiger partial charge in [-0.25, -0.2) is 0 Å². The summed E-state index contributed by atoms with van der Waals surface area (Å²) in [5.41, 5.74) is 2.62. The van der Waals surface area contributed by atoms with Crippen LogP contribution < -0.4 is 10.1 Å². The van der Waals surface area contributed by atoms with Crippen LogP contribution in [0.5, 0.6) is 5.75 Å². The lowest BCUT2D eigenvalue weighted by Crippen LogP contribution is -2.38. The molecule has 1 aliphatic heterocycles. The normalized spacial score (nSPS) is 22.4. The Kier molecular flexibility index (Phi) is 5.12. The van der Waals surface area contributed by atoms with Gasteiger partial charge in [-0.3, -0.25) is 9.59 Å². The third-order valence-corrected chi connectivity index (χ3v) is 6.27. The van der Waals surface area contributed by atoms with Gasteiger partial charge in [-0.05, 0) is 42.0 Å². The van der Waals surface area contributed by atoms with E-state index in [0.29, 0.717) is 19.4 Å². The molecule has 1 amide bonds. The number of nitrogens with one attached hydrogen (secondary N) is 1. The van der Waals surface area contributed by atoms with Gasteiger partial charge in [0, 0.05) is 40.8 Å². The van der Waals surface area contributed by atoms with Crippen LogP contribution in [0, 0.1) is 0 Å². The molecule has 0 spiro atoms. The van der Waals surface area contributed by atoms with Crippen molar-refractivity contribution in [3.63, 3.8) is 0 Å². The van der Waals surface area contributed by atoms with Crippen LogP contribution in [0.4, 0.5) is 0 Å². The van der Waals surface area contributed by atoms with Gasteiger partial charge >= 0.3 is 0 Å². The SMILES string of the molecule is CCCOc1ccc([C@H]2CC(=O)NC3=C2C(=O)C[C@H](c2cccs2)C3)cc1. The highest BCUT2D eigenvalue weighted by molar-refractivity contribution is 7.10. The van der Waals surface area contributed by atoms with Gasteiger partial charge in [0.1, 0.15) is 5.75 Å². The third-order valence-electron chi connectivity index (χ3n) is 5.24. The van der Waals surface area contributed by atoms with Crippen LogP contribution in [-0.2, 0) is 9.59 Å². The number of ketones is 1. The Bertz CT molecular complexity index is 867. The summed E-state index contributed by atoms with van der Waals surface area (Å²) < 4.78 is 5.64. The summed E-state index contributed by atoms with van der Waals surface area (Å²) in [5.74, 6) is 0.976. The van der Waals surface area contributed by atoms with E-state index in [1.54, 1.807) is 11.3 Å². The fraction of sp³-hybridized carbons (Fsp3) is 0.364. The Morgan fingerprint density at radius 1 is 1.11 bits per heavy atom. The van der Waals surface area contributed by atoms with E-state index in [-0.39, 0.29) is 23.5 Å². The molecule has 0 unspecified atom stereocenters. The highest BCUT2D eigenvalue weighted by atomic mass is 32.1. The zero-order valence-electron chi connectivity index (χ0n) is 15.4. The third kappa shape index (κ3) is 3.69. The lowest BCUT2D eigenvalue weighted by Gasteiger charge is -2.34. The molecule has 2 atom stereocenters. The number of Topliss-reactive ketones (excluding diaryl/α,β-unsaturated/α-hetero) is 1. The summed E-state index contributed by atoms with van der Waals surface area (Å²) >= 11 is 1.68. The lowest BCUT2D eigenvalue weighted by molar-refractivity contribution is -0.122. The first-order chi connectivity index (χ1) is 13.2. The molecule has 1 aromatic heterocycles. The Hall–Kier alpha value is -2.40. The second-order valence-electron chi connectivity index (χ2n) is 7.16. The number of thiophene rings is 1. The lowest BCUT2D eigenvalue weighted by atomic mass is 9.75. The van der Waals surface area contributed by atoms with Gasteiger partial charge in [-0.2, -0.15) is 0 Å². The van der Waals surface area contributed by atoms with E-state index in [1.165, 1.54) is 4.88 Å². The molecule has 0 saturated heterocycles. The molecular formula is C22H23NO3S. The molecule has 0 bridgehead atoms. The van der Waals surface area contributed by atoms with Gasteiger partial charge in [0.05, 0.1) is 6.61 Å². The first-order valence-electron chi connectivity index (χ1n) is 9.48. The predicted octanol–water partition coefficient (Wildman–Crippen LogP) is 4.54. The van der Waals surface area contributed by atoms with E-state index in [4.69, 9.17) is 4.74 Å². The molecular weight excluding hydrogens is 358 g/mol. The molecule has 27 heavy (non-hydrogen) atoms. The van der Waals surface area contributed by atoms with E-state index in [1.807, 2.05) is 35.7 Å². The molecule has 0 saturated carbocycles. The molecule has 2 heterocycles. The van der Waals surface area contributed by atoms with E-state index < -0.39 is 0 Å². The van der Waals surface area contributed by atoms with E-state index in [9.17, 15) is 9.59 Å². The number of carbonyl (C=O) groups excluding carboxylic acids is 2. The van der Waals surface area contributed by atoms with Gasteiger partial charge in [0.15, 0.2) is 5.78 Å². The monoisotopic (exact) mass is 381 g/mol. The van der Waals surface area contributed by atoms with Crippen molar-refractivity contribution in [2.24, 2.45) is 0 Å². The Morgan fingerprint density at radius 2 is 1.93 bits per heavy atom. The highest BCUT2D eigenvalue weighted by Crippen LogP contribution is 2.43. The Balaban J connectivity index is 1.62. The molecule has 0 fully saturated rings. The van der Waals surface area contributed by atoms with E-state index in [0.717, 1.165) is 35.4 Å². The molecule has 140 valence electrons. The minimum Gasteiger partial charge on any atom is -0.494 e. The molecule has 1 aliphatic carbocycles. The Labute approximate surface area is 163 Å². The summed E-state index contributed by atoms with van der Waals surface area (Å²) in [6.07, 6.45) is 2.52. The fourth-order valence-corrected chi connectivity index (χ4v) is 4.82. The zero-order chi connectivity index (χ0) is 18.8. The molecule has 5 heteroatoms. The maximum absolute atomic E-state index is 13.0. The van der Waals surface area contributed by atoms with Crippen molar-refractivity contribution >= 4 is 23.0 Å². The van der Waals surface area contributed by atoms with Crippen LogP contribution in [0.1, 0.15) is 54.9 Å². The maximum Gasteiger partial charge on any atom is 0.225 e. The van der Waals surface area contributed by atoms with Crippen molar-refractivity contribution in [3.05, 3.63) is 63.5 Å². The molecule has 0 radical (unpaired) electrons. The highest BCUT2D eigenvalue weighted by Gasteiger charge is 2.38. The summed E-state index contributed by atoms with van der Waals surface area (Å²) in [4.78, 5) is 26.5. The fourth-order valence-electron chi connectivity index (χ4n) is 3.99. The number of rotatable bonds is 5. The summed E-state index contributed by atoms with van der Waals surface area (Å²) in [5, 5.41) is 5.02. The number of hydrogen-bond donors (Lipinski definition) is 1. The van der Waals surface area contributed by atoms with Gasteiger partial charge in [0.25, 0.3) is 0 Å². The van der Waals surface area contributed by atoms with Crippen molar-refractivity contribution in [1.29, 1.82) is 0 Å². The van der Waals surface area contributed by atoms with E-state index in [2.05, 4.69) is 18.3 Å². The summed E-state index contributed by atoms with van der Waals surface area (Å²) in [6, 6.07) is 11.9. The molecule has 2 aromatic rings. The van der Waals surface area contributed by atoms with Crippen molar-refractivity contribution in [3.8, 4) is 5.75 Å². The molecule has 4 nitrogen and oxygen atoms in total. The summed E-state index contributed by atoms with van der Waals surface area (Å²) in [6.45, 7) is 2.75. The van der Waals surface area contributed by atoms with Gasteiger partial charge < -0.3 is 10.1 Å². The van der Waals surface area contributed by atoms with Crippen LogP contribution in [0.3, 0.4) is 0 Å². The summed E-state index contributed by atoms with van der Waals surface area (Å²) in [7, 11) is 0. The van der Waals surface area contributed by atoms with Crippen molar-refractivity contribution in [2.45, 2.75) is 44.4 Å². The number of hydrogen-bond acceptors (Lipinski definition) is 4. The second kappa shape index (κ2) is 7.69. The quantitative estimate of drug-likeness (QED) is 0.827. The largest absolute Gasteiger partial charge is 0.494 e. The molecule has 2 aliphatic rings. The topological polar surface area (TPSA) is 55.4 Å². The smallest absolute Gasteiger partial charge is 0.225 e. The standard InChI is InChI=1S/C22H23NO3S/c1-2-9-26-16-7-5-14(6-8-16)17-13-21(25)23-18-11-15(12-19(24)22(17)18)20-4-3-10-27-20/h3-8,10,15,17H,2,9,11-13H2,1H3,(H,23,25)/t15-,17-/m1/s1. The van der Waals surface area contributed by atoms with Gasteiger partial charge in [0.2, 0.25) is 5.91 Å². The molecule has 1 aromatic carbocycles. The first kappa shape index (κ1) is 18.0. The number of amides is 1. The average molecular weight is 381 g/mol. The van der Waals surface area contributed by atoms with Crippen LogP contribution in [0.25, 0.3) is 0 Å². The maximum atomic E-state index is 13.0. The van der Waals surface area contributed by atoms with Crippen molar-refractivity contribution in [1.82, 2.24) is 5.32 Å².